The number of rotatable bonds is 4. The molecule has 1 saturated heterocycles. The summed E-state index contributed by atoms with van der Waals surface area (Å²) in [7, 11) is 1.94. The number of aromatic nitrogens is 3. The van der Waals surface area contributed by atoms with Gasteiger partial charge in [-0.3, -0.25) is 9.59 Å². The van der Waals surface area contributed by atoms with Crippen molar-refractivity contribution in [2.45, 2.75) is 18.8 Å². The van der Waals surface area contributed by atoms with Gasteiger partial charge in [0.15, 0.2) is 5.78 Å². The van der Waals surface area contributed by atoms with Gasteiger partial charge in [-0.1, -0.05) is 24.3 Å². The maximum atomic E-state index is 12.8. The van der Waals surface area contributed by atoms with E-state index in [0.29, 0.717) is 35.7 Å². The van der Waals surface area contributed by atoms with Crippen molar-refractivity contribution in [1.82, 2.24) is 19.7 Å². The highest BCUT2D eigenvalue weighted by Gasteiger charge is 2.27. The molecule has 0 bridgehead atoms. The van der Waals surface area contributed by atoms with E-state index >= 15 is 0 Å². The summed E-state index contributed by atoms with van der Waals surface area (Å²) >= 11 is 0. The summed E-state index contributed by atoms with van der Waals surface area (Å²) in [5.41, 5.74) is 1.46. The maximum absolute atomic E-state index is 12.8. The van der Waals surface area contributed by atoms with Crippen LogP contribution in [0.15, 0.2) is 54.9 Å². The molecule has 1 aromatic heterocycles. The fourth-order valence-corrected chi connectivity index (χ4v) is 3.76. The van der Waals surface area contributed by atoms with Crippen molar-refractivity contribution < 1.29 is 14.7 Å². The fourth-order valence-electron chi connectivity index (χ4n) is 3.76. The van der Waals surface area contributed by atoms with E-state index in [1.165, 1.54) is 12.1 Å². The molecule has 1 aliphatic rings. The van der Waals surface area contributed by atoms with Crippen LogP contribution in [0.25, 0.3) is 0 Å². The third-order valence-electron chi connectivity index (χ3n) is 5.40. The van der Waals surface area contributed by atoms with Crippen molar-refractivity contribution in [1.29, 1.82) is 0 Å². The van der Waals surface area contributed by atoms with Gasteiger partial charge in [0, 0.05) is 42.7 Å². The molecular weight excluding hydrogens is 368 g/mol. The monoisotopic (exact) mass is 390 g/mol. The third-order valence-corrected chi connectivity index (χ3v) is 5.40. The van der Waals surface area contributed by atoms with Crippen molar-refractivity contribution in [2.24, 2.45) is 7.05 Å². The number of aromatic hydroxyl groups is 1. The van der Waals surface area contributed by atoms with E-state index in [1.807, 2.05) is 16.5 Å². The molecular formula is C22H22N4O3. The first kappa shape index (κ1) is 18.9. The summed E-state index contributed by atoms with van der Waals surface area (Å²) < 4.78 is 1.93. The molecule has 0 aliphatic carbocycles. The standard InChI is InChI=1S/C22H22N4O3/c1-25-14-23-24-21(25)16-9-11-26(12-10-16)22(29)17-7-5-15(6-8-17)20(28)18-3-2-4-19(27)13-18/h2-8,13-14,16,27H,9-12H2,1H3. The highest BCUT2D eigenvalue weighted by atomic mass is 16.3. The van der Waals surface area contributed by atoms with E-state index < -0.39 is 0 Å². The lowest BCUT2D eigenvalue weighted by Crippen LogP contribution is -2.38. The molecule has 0 unspecified atom stereocenters. The number of benzene rings is 2. The summed E-state index contributed by atoms with van der Waals surface area (Å²) in [4.78, 5) is 27.2. The molecule has 1 N–H and O–H groups in total. The number of carbonyl (C=O) groups excluding carboxylic acids is 2. The molecule has 0 saturated carbocycles. The van der Waals surface area contributed by atoms with Crippen molar-refractivity contribution in [3.8, 4) is 5.75 Å². The summed E-state index contributed by atoms with van der Waals surface area (Å²) in [6, 6.07) is 12.9. The average molecular weight is 390 g/mol. The second-order valence-corrected chi connectivity index (χ2v) is 7.32. The quantitative estimate of drug-likeness (QED) is 0.692. The number of nitrogens with zero attached hydrogens (tertiary/aromatic N) is 4. The number of hydrogen-bond acceptors (Lipinski definition) is 5. The molecule has 0 radical (unpaired) electrons. The number of likely N-dealkylation sites (tertiary alicyclic amines) is 1. The topological polar surface area (TPSA) is 88.3 Å². The van der Waals surface area contributed by atoms with Gasteiger partial charge >= 0.3 is 0 Å². The van der Waals surface area contributed by atoms with Gasteiger partial charge in [-0.2, -0.15) is 0 Å². The summed E-state index contributed by atoms with van der Waals surface area (Å²) in [5.74, 6) is 1.11. The molecule has 1 amide bonds. The predicted molar refractivity (Wildman–Crippen MR) is 107 cm³/mol. The molecule has 3 aromatic rings. The number of carbonyl (C=O) groups is 2. The first-order valence-electron chi connectivity index (χ1n) is 9.60. The van der Waals surface area contributed by atoms with Crippen molar-refractivity contribution in [3.05, 3.63) is 77.4 Å². The molecule has 4 rings (SSSR count). The van der Waals surface area contributed by atoms with Crippen LogP contribution in [-0.4, -0.2) is 49.6 Å². The first-order valence-corrected chi connectivity index (χ1v) is 9.60. The molecule has 29 heavy (non-hydrogen) atoms. The van der Waals surface area contributed by atoms with E-state index in [9.17, 15) is 14.7 Å². The van der Waals surface area contributed by atoms with Crippen LogP contribution in [0.1, 0.15) is 50.9 Å². The van der Waals surface area contributed by atoms with E-state index in [0.717, 1.165) is 18.7 Å². The van der Waals surface area contributed by atoms with Gasteiger partial charge in [-0.15, -0.1) is 10.2 Å². The number of ketones is 1. The van der Waals surface area contributed by atoms with Crippen LogP contribution in [0.5, 0.6) is 5.75 Å². The zero-order valence-electron chi connectivity index (χ0n) is 16.2. The Labute approximate surface area is 168 Å². The second-order valence-electron chi connectivity index (χ2n) is 7.32. The smallest absolute Gasteiger partial charge is 0.253 e. The van der Waals surface area contributed by atoms with E-state index in [-0.39, 0.29) is 17.4 Å². The lowest BCUT2D eigenvalue weighted by Gasteiger charge is -2.31. The Morgan fingerprint density at radius 3 is 2.31 bits per heavy atom. The molecule has 148 valence electrons. The highest BCUT2D eigenvalue weighted by Crippen LogP contribution is 2.27. The average Bonchev–Trinajstić information content (AvgIpc) is 3.19. The Balaban J connectivity index is 1.41. The molecule has 7 nitrogen and oxygen atoms in total. The van der Waals surface area contributed by atoms with E-state index in [2.05, 4.69) is 10.2 Å². The molecule has 1 fully saturated rings. The van der Waals surface area contributed by atoms with Gasteiger partial charge in [0.2, 0.25) is 0 Å². The van der Waals surface area contributed by atoms with Crippen LogP contribution in [0.4, 0.5) is 0 Å². The molecule has 2 heterocycles. The molecule has 1 aliphatic heterocycles. The van der Waals surface area contributed by atoms with Gasteiger partial charge in [-0.05, 0) is 37.1 Å². The molecule has 0 atom stereocenters. The fraction of sp³-hybridized carbons (Fsp3) is 0.273. The van der Waals surface area contributed by atoms with Crippen LogP contribution < -0.4 is 0 Å². The van der Waals surface area contributed by atoms with Gasteiger partial charge < -0.3 is 14.6 Å². The van der Waals surface area contributed by atoms with Crippen molar-refractivity contribution >= 4 is 11.7 Å². The van der Waals surface area contributed by atoms with Crippen LogP contribution in [0, 0.1) is 0 Å². The SMILES string of the molecule is Cn1cnnc1C1CCN(C(=O)c2ccc(C(=O)c3cccc(O)c3)cc2)CC1. The van der Waals surface area contributed by atoms with E-state index in [1.54, 1.807) is 42.7 Å². The van der Waals surface area contributed by atoms with Crippen LogP contribution in [0.3, 0.4) is 0 Å². The van der Waals surface area contributed by atoms with Gasteiger partial charge in [0.25, 0.3) is 5.91 Å². The molecule has 0 spiro atoms. The first-order chi connectivity index (χ1) is 14.0. The lowest BCUT2D eigenvalue weighted by atomic mass is 9.95. The zero-order chi connectivity index (χ0) is 20.4. The summed E-state index contributed by atoms with van der Waals surface area (Å²) in [6.45, 7) is 1.33. The number of hydrogen-bond donors (Lipinski definition) is 1. The van der Waals surface area contributed by atoms with Gasteiger partial charge in [0.05, 0.1) is 0 Å². The number of aryl methyl sites for hydroxylation is 1. The molecule has 2 aromatic carbocycles. The Morgan fingerprint density at radius 2 is 1.69 bits per heavy atom. The van der Waals surface area contributed by atoms with Crippen molar-refractivity contribution in [2.75, 3.05) is 13.1 Å². The van der Waals surface area contributed by atoms with Crippen LogP contribution in [-0.2, 0) is 7.05 Å². The second kappa shape index (κ2) is 7.87. The Kier molecular flexibility index (Phi) is 5.12. The Morgan fingerprint density at radius 1 is 1.00 bits per heavy atom. The Bertz CT molecular complexity index is 1030. The largest absolute Gasteiger partial charge is 0.508 e. The minimum atomic E-state index is -0.190. The highest BCUT2D eigenvalue weighted by molar-refractivity contribution is 6.09. The maximum Gasteiger partial charge on any atom is 0.253 e. The predicted octanol–water partition coefficient (Wildman–Crippen LogP) is 2.77. The van der Waals surface area contributed by atoms with E-state index in [4.69, 9.17) is 0 Å². The van der Waals surface area contributed by atoms with Crippen LogP contribution >= 0.6 is 0 Å². The van der Waals surface area contributed by atoms with Crippen LogP contribution in [0.2, 0.25) is 0 Å². The minimum absolute atomic E-state index is 0.0298. The number of amides is 1. The summed E-state index contributed by atoms with van der Waals surface area (Å²) in [6.07, 6.45) is 3.41. The normalized spacial score (nSPS) is 14.7. The lowest BCUT2D eigenvalue weighted by molar-refractivity contribution is 0.0710. The molecule has 7 heteroatoms. The van der Waals surface area contributed by atoms with Crippen molar-refractivity contribution in [3.63, 3.8) is 0 Å². The summed E-state index contributed by atoms with van der Waals surface area (Å²) in [5, 5.41) is 17.7. The number of piperidine rings is 1. The zero-order valence-corrected chi connectivity index (χ0v) is 16.2. The number of phenols is 1. The Hall–Kier alpha value is -3.48. The number of phenolic OH excluding ortho intramolecular Hbond substituents is 1. The minimum Gasteiger partial charge on any atom is -0.508 e. The third kappa shape index (κ3) is 3.89. The van der Waals surface area contributed by atoms with Gasteiger partial charge in [-0.25, -0.2) is 0 Å². The van der Waals surface area contributed by atoms with Gasteiger partial charge in [0.1, 0.15) is 17.9 Å².